The molecule has 6 aromatic rings. The van der Waals surface area contributed by atoms with Crippen molar-refractivity contribution in [1.29, 1.82) is 0 Å². The molecule has 6 nitrogen and oxygen atoms in total. The summed E-state index contributed by atoms with van der Waals surface area (Å²) in [6.45, 7) is 1.99. The monoisotopic (exact) mass is 624 g/mol. The number of hydrogen-bond donors (Lipinski definition) is 1. The van der Waals surface area contributed by atoms with Gasteiger partial charge in [-0.25, -0.2) is 13.1 Å². The third-order valence-corrected chi connectivity index (χ3v) is 9.91. The van der Waals surface area contributed by atoms with Crippen LogP contribution in [0.2, 0.25) is 5.02 Å². The molecular formula is C34H29ClN4O2S2. The minimum Gasteiger partial charge on any atom is -0.272 e. The van der Waals surface area contributed by atoms with E-state index in [9.17, 15) is 8.42 Å². The fourth-order valence-corrected chi connectivity index (χ4v) is 7.30. The second kappa shape index (κ2) is 12.7. The van der Waals surface area contributed by atoms with Gasteiger partial charge in [-0.1, -0.05) is 120 Å². The molecule has 0 radical (unpaired) electrons. The van der Waals surface area contributed by atoms with Gasteiger partial charge in [0.25, 0.3) is 0 Å². The summed E-state index contributed by atoms with van der Waals surface area (Å²) in [5, 5.41) is 12.2. The number of hydrogen-bond acceptors (Lipinski definition) is 5. The van der Waals surface area contributed by atoms with Crippen LogP contribution in [0.5, 0.6) is 0 Å². The Hall–Kier alpha value is -3.95. The third-order valence-electron chi connectivity index (χ3n) is 7.20. The van der Waals surface area contributed by atoms with Crippen molar-refractivity contribution in [3.63, 3.8) is 0 Å². The maximum absolute atomic E-state index is 13.9. The second-order valence-corrected chi connectivity index (χ2v) is 13.3. The minimum atomic E-state index is -3.95. The fourth-order valence-electron chi connectivity index (χ4n) is 5.00. The Morgan fingerprint density at radius 3 is 2.21 bits per heavy atom. The van der Waals surface area contributed by atoms with E-state index in [1.807, 2.05) is 109 Å². The summed E-state index contributed by atoms with van der Waals surface area (Å²) in [6, 6.07) is 37.7. The number of sulfonamides is 1. The van der Waals surface area contributed by atoms with Crippen molar-refractivity contribution in [2.45, 2.75) is 35.2 Å². The number of aromatic nitrogens is 3. The molecule has 0 amide bonds. The predicted molar refractivity (Wildman–Crippen MR) is 174 cm³/mol. The van der Waals surface area contributed by atoms with Crippen LogP contribution in [0.15, 0.2) is 131 Å². The van der Waals surface area contributed by atoms with Gasteiger partial charge in [-0.05, 0) is 65.1 Å². The Labute approximate surface area is 260 Å². The summed E-state index contributed by atoms with van der Waals surface area (Å²) >= 11 is 8.02. The summed E-state index contributed by atoms with van der Waals surface area (Å²) in [7, 11) is -3.95. The average molecular weight is 625 g/mol. The van der Waals surface area contributed by atoms with E-state index in [-0.39, 0.29) is 4.90 Å². The maximum atomic E-state index is 13.9. The van der Waals surface area contributed by atoms with E-state index >= 15 is 0 Å². The van der Waals surface area contributed by atoms with Crippen LogP contribution < -0.4 is 4.72 Å². The van der Waals surface area contributed by atoms with Crippen LogP contribution in [0.4, 0.5) is 0 Å². The van der Waals surface area contributed by atoms with Crippen LogP contribution in [-0.4, -0.2) is 23.2 Å². The molecule has 5 aromatic carbocycles. The summed E-state index contributed by atoms with van der Waals surface area (Å²) in [6.07, 6.45) is 0.370. The Balaban J connectivity index is 1.45. The van der Waals surface area contributed by atoms with Gasteiger partial charge >= 0.3 is 0 Å². The van der Waals surface area contributed by atoms with Gasteiger partial charge in [0.2, 0.25) is 10.0 Å². The van der Waals surface area contributed by atoms with Crippen LogP contribution >= 0.6 is 23.4 Å². The number of nitrogens with zero attached hydrogens (tertiary/aromatic N) is 3. The van der Waals surface area contributed by atoms with E-state index in [0.29, 0.717) is 28.2 Å². The van der Waals surface area contributed by atoms with Crippen molar-refractivity contribution < 1.29 is 8.42 Å². The quantitative estimate of drug-likeness (QED) is 0.157. The largest absolute Gasteiger partial charge is 0.272 e. The highest BCUT2D eigenvalue weighted by Gasteiger charge is 2.29. The maximum Gasteiger partial charge on any atom is 0.241 e. The molecule has 1 aromatic heterocycles. The zero-order valence-corrected chi connectivity index (χ0v) is 25.8. The highest BCUT2D eigenvalue weighted by Crippen LogP contribution is 2.32. The first-order chi connectivity index (χ1) is 20.9. The Kier molecular flexibility index (Phi) is 8.63. The topological polar surface area (TPSA) is 76.9 Å². The summed E-state index contributed by atoms with van der Waals surface area (Å²) in [5.41, 5.74) is 3.86. The molecule has 9 heteroatoms. The van der Waals surface area contributed by atoms with Gasteiger partial charge in [-0.2, -0.15) is 0 Å². The number of nitrogens with one attached hydrogen (secondary N) is 1. The molecule has 1 unspecified atom stereocenters. The Morgan fingerprint density at radius 2 is 1.47 bits per heavy atom. The van der Waals surface area contributed by atoms with E-state index in [0.717, 1.165) is 33.2 Å². The first-order valence-electron chi connectivity index (χ1n) is 13.8. The van der Waals surface area contributed by atoms with Gasteiger partial charge in [0.05, 0.1) is 16.6 Å². The van der Waals surface area contributed by atoms with Crippen molar-refractivity contribution in [2.75, 3.05) is 0 Å². The smallest absolute Gasteiger partial charge is 0.241 e. The lowest BCUT2D eigenvalue weighted by Gasteiger charge is -2.21. The van der Waals surface area contributed by atoms with Gasteiger partial charge < -0.3 is 0 Å². The van der Waals surface area contributed by atoms with Crippen molar-refractivity contribution in [3.05, 3.63) is 149 Å². The average Bonchev–Trinajstić information content (AvgIpc) is 3.45. The van der Waals surface area contributed by atoms with E-state index in [2.05, 4.69) is 27.1 Å². The number of rotatable bonds is 10. The number of aryl methyl sites for hydroxylation is 1. The third kappa shape index (κ3) is 6.68. The first-order valence-corrected chi connectivity index (χ1v) is 16.7. The van der Waals surface area contributed by atoms with Gasteiger partial charge in [0, 0.05) is 10.8 Å². The van der Waals surface area contributed by atoms with E-state index in [4.69, 9.17) is 11.6 Å². The fraction of sp³-hybridized carbons (Fsp3) is 0.118. The van der Waals surface area contributed by atoms with E-state index in [1.54, 1.807) is 12.1 Å². The SMILES string of the molecule is Cc1ccc(Cl)cc1-n1c(SCc2ccccc2)nnc1C(Cc1ccccc1)NS(=O)(=O)c1ccc2ccccc2c1. The molecule has 0 bridgehead atoms. The zero-order chi connectivity index (χ0) is 29.8. The lowest BCUT2D eigenvalue weighted by atomic mass is 10.1. The van der Waals surface area contributed by atoms with Crippen LogP contribution in [0.25, 0.3) is 16.5 Å². The molecule has 0 aliphatic heterocycles. The molecule has 0 saturated carbocycles. The predicted octanol–water partition coefficient (Wildman–Crippen LogP) is 7.94. The van der Waals surface area contributed by atoms with Gasteiger partial charge in [-0.3, -0.25) is 4.57 Å². The lowest BCUT2D eigenvalue weighted by molar-refractivity contribution is 0.537. The molecule has 0 saturated heterocycles. The molecule has 0 spiro atoms. The second-order valence-electron chi connectivity index (χ2n) is 10.3. The molecule has 1 N–H and O–H groups in total. The van der Waals surface area contributed by atoms with Crippen molar-refractivity contribution in [2.24, 2.45) is 0 Å². The normalized spacial score (nSPS) is 12.4. The molecule has 0 aliphatic rings. The molecule has 6 rings (SSSR count). The van der Waals surface area contributed by atoms with Crippen LogP contribution in [0.1, 0.15) is 28.6 Å². The molecule has 1 heterocycles. The van der Waals surface area contributed by atoms with Crippen LogP contribution in [0, 0.1) is 6.92 Å². The number of fused-ring (bicyclic) bond motifs is 1. The summed E-state index contributed by atoms with van der Waals surface area (Å²) in [5.74, 6) is 1.15. The standard InChI is InChI=1S/C34H29ClN4O2S2/c1-24-16-18-29(35)22-32(24)39-33(36-37-34(39)42-23-26-12-6-3-7-13-26)31(20-25-10-4-2-5-11-25)38-43(40,41)30-19-17-27-14-8-9-15-28(27)21-30/h2-19,21-22,31,38H,20,23H2,1H3. The van der Waals surface area contributed by atoms with Crippen LogP contribution in [-0.2, 0) is 22.2 Å². The lowest BCUT2D eigenvalue weighted by Crippen LogP contribution is -2.32. The molecule has 43 heavy (non-hydrogen) atoms. The summed E-state index contributed by atoms with van der Waals surface area (Å²) in [4.78, 5) is 0.188. The van der Waals surface area contributed by atoms with Gasteiger partial charge in [0.15, 0.2) is 11.0 Å². The Morgan fingerprint density at radius 1 is 0.791 bits per heavy atom. The van der Waals surface area contributed by atoms with E-state index < -0.39 is 16.1 Å². The van der Waals surface area contributed by atoms with Crippen molar-refractivity contribution >= 4 is 44.2 Å². The highest BCUT2D eigenvalue weighted by atomic mass is 35.5. The minimum absolute atomic E-state index is 0.188. The van der Waals surface area contributed by atoms with E-state index in [1.165, 1.54) is 11.8 Å². The Bertz CT molecular complexity index is 1980. The van der Waals surface area contributed by atoms with Crippen molar-refractivity contribution in [3.8, 4) is 5.69 Å². The highest BCUT2D eigenvalue weighted by molar-refractivity contribution is 7.98. The number of benzene rings is 5. The number of thioether (sulfide) groups is 1. The first kappa shape index (κ1) is 29.1. The number of halogens is 1. The molecule has 1 atom stereocenters. The van der Waals surface area contributed by atoms with Crippen molar-refractivity contribution in [1.82, 2.24) is 19.5 Å². The summed E-state index contributed by atoms with van der Waals surface area (Å²) < 4.78 is 32.8. The molecule has 0 fully saturated rings. The molecular weight excluding hydrogens is 596 g/mol. The van der Waals surface area contributed by atoms with Gasteiger partial charge in [0.1, 0.15) is 0 Å². The zero-order valence-electron chi connectivity index (χ0n) is 23.4. The molecule has 216 valence electrons. The molecule has 0 aliphatic carbocycles. The van der Waals surface area contributed by atoms with Gasteiger partial charge in [-0.15, -0.1) is 10.2 Å². The van der Waals surface area contributed by atoms with Crippen LogP contribution in [0.3, 0.4) is 0 Å².